The summed E-state index contributed by atoms with van der Waals surface area (Å²) in [6, 6.07) is 17.0. The predicted molar refractivity (Wildman–Crippen MR) is 99.3 cm³/mol. The maximum absolute atomic E-state index is 11.8. The van der Waals surface area contributed by atoms with Crippen LogP contribution in [0.3, 0.4) is 0 Å². The lowest BCUT2D eigenvalue weighted by molar-refractivity contribution is 0.602. The van der Waals surface area contributed by atoms with Gasteiger partial charge in [0.15, 0.2) is 9.84 Å². The Balaban J connectivity index is 1.65. The highest BCUT2D eigenvalue weighted by Crippen LogP contribution is 2.24. The molecular weight excluding hydrogens is 340 g/mol. The molecule has 1 heterocycles. The number of thiazole rings is 1. The van der Waals surface area contributed by atoms with Crippen LogP contribution < -0.4 is 5.32 Å². The zero-order valence-electron chi connectivity index (χ0n) is 13.3. The Kier molecular flexibility index (Phi) is 4.97. The molecular formula is C18H18N2O2S2. The fraction of sp³-hybridized carbons (Fsp3) is 0.167. The van der Waals surface area contributed by atoms with Gasteiger partial charge >= 0.3 is 0 Å². The van der Waals surface area contributed by atoms with E-state index in [4.69, 9.17) is 0 Å². The summed E-state index contributed by atoms with van der Waals surface area (Å²) < 4.78 is 23.6. The van der Waals surface area contributed by atoms with Crippen molar-refractivity contribution in [3.8, 4) is 10.6 Å². The minimum absolute atomic E-state index is 0.327. The van der Waals surface area contributed by atoms with Crippen molar-refractivity contribution in [1.29, 1.82) is 0 Å². The molecule has 0 aliphatic heterocycles. The average molecular weight is 358 g/mol. The van der Waals surface area contributed by atoms with Crippen molar-refractivity contribution in [3.05, 3.63) is 65.7 Å². The number of sulfone groups is 1. The fourth-order valence-corrected chi connectivity index (χ4v) is 4.12. The van der Waals surface area contributed by atoms with Gasteiger partial charge in [-0.25, -0.2) is 13.4 Å². The van der Waals surface area contributed by atoms with Crippen LogP contribution >= 0.6 is 11.3 Å². The molecule has 1 N–H and O–H groups in total. The molecule has 0 amide bonds. The summed E-state index contributed by atoms with van der Waals surface area (Å²) >= 11 is 1.62. The lowest BCUT2D eigenvalue weighted by atomic mass is 10.2. The fourth-order valence-electron chi connectivity index (χ4n) is 2.40. The van der Waals surface area contributed by atoms with Crippen molar-refractivity contribution in [2.24, 2.45) is 0 Å². The number of rotatable bonds is 6. The van der Waals surface area contributed by atoms with E-state index in [0.29, 0.717) is 17.1 Å². The number of para-hydroxylation sites is 1. The number of anilines is 1. The molecule has 0 bridgehead atoms. The van der Waals surface area contributed by atoms with Gasteiger partial charge in [-0.05, 0) is 12.1 Å². The van der Waals surface area contributed by atoms with Crippen LogP contribution in [0.25, 0.3) is 10.6 Å². The van der Waals surface area contributed by atoms with Gasteiger partial charge in [-0.3, -0.25) is 0 Å². The van der Waals surface area contributed by atoms with Crippen LogP contribution in [0, 0.1) is 0 Å². The highest BCUT2D eigenvalue weighted by Gasteiger charge is 2.12. The first kappa shape index (κ1) is 16.7. The average Bonchev–Trinajstić information content (AvgIpc) is 3.04. The topological polar surface area (TPSA) is 59.1 Å². The number of hydrogen-bond donors (Lipinski definition) is 1. The lowest BCUT2D eigenvalue weighted by Gasteiger charge is -2.09. The van der Waals surface area contributed by atoms with Gasteiger partial charge in [-0.15, -0.1) is 11.3 Å². The van der Waals surface area contributed by atoms with E-state index in [-0.39, 0.29) is 0 Å². The van der Waals surface area contributed by atoms with Crippen LogP contribution in [0.4, 0.5) is 5.69 Å². The molecule has 4 nitrogen and oxygen atoms in total. The van der Waals surface area contributed by atoms with Crippen molar-refractivity contribution < 1.29 is 8.42 Å². The van der Waals surface area contributed by atoms with Crippen LogP contribution in [0.15, 0.2) is 64.9 Å². The highest BCUT2D eigenvalue weighted by molar-refractivity contribution is 7.90. The molecule has 0 saturated carbocycles. The van der Waals surface area contributed by atoms with Crippen LogP contribution in [-0.4, -0.2) is 26.2 Å². The Morgan fingerprint density at radius 2 is 1.75 bits per heavy atom. The minimum Gasteiger partial charge on any atom is -0.384 e. The standard InChI is InChI=1S/C18H18N2O2S2/c1-24(21,22)17-10-6-5-9-16(17)19-12-11-15-13-23-18(20-15)14-7-3-2-4-8-14/h2-10,13,19H,11-12H2,1H3. The second kappa shape index (κ2) is 7.15. The van der Waals surface area contributed by atoms with Crippen molar-refractivity contribution in [1.82, 2.24) is 4.98 Å². The number of hydrogen-bond acceptors (Lipinski definition) is 5. The molecule has 24 heavy (non-hydrogen) atoms. The number of nitrogens with one attached hydrogen (secondary N) is 1. The molecule has 0 saturated heterocycles. The van der Waals surface area contributed by atoms with Crippen molar-refractivity contribution >= 4 is 26.9 Å². The molecule has 0 radical (unpaired) electrons. The molecule has 124 valence electrons. The first-order valence-electron chi connectivity index (χ1n) is 7.57. The van der Waals surface area contributed by atoms with E-state index in [0.717, 1.165) is 22.7 Å². The zero-order chi connectivity index (χ0) is 17.0. The number of benzene rings is 2. The normalized spacial score (nSPS) is 11.4. The van der Waals surface area contributed by atoms with E-state index in [1.54, 1.807) is 29.5 Å². The van der Waals surface area contributed by atoms with Crippen molar-refractivity contribution in [3.63, 3.8) is 0 Å². The third kappa shape index (κ3) is 4.01. The van der Waals surface area contributed by atoms with Gasteiger partial charge < -0.3 is 5.32 Å². The minimum atomic E-state index is -3.24. The summed E-state index contributed by atoms with van der Waals surface area (Å²) in [6.45, 7) is 0.629. The largest absolute Gasteiger partial charge is 0.384 e. The van der Waals surface area contributed by atoms with E-state index in [9.17, 15) is 8.42 Å². The zero-order valence-corrected chi connectivity index (χ0v) is 14.9. The van der Waals surface area contributed by atoms with Crippen LogP contribution in [0.5, 0.6) is 0 Å². The molecule has 0 spiro atoms. The molecule has 6 heteroatoms. The van der Waals surface area contributed by atoms with Crippen molar-refractivity contribution in [2.45, 2.75) is 11.3 Å². The Morgan fingerprint density at radius 1 is 1.04 bits per heavy atom. The molecule has 3 rings (SSSR count). The van der Waals surface area contributed by atoms with Crippen LogP contribution in [0.1, 0.15) is 5.69 Å². The van der Waals surface area contributed by atoms with Gasteiger partial charge in [0.05, 0.1) is 16.3 Å². The molecule has 0 fully saturated rings. The SMILES string of the molecule is CS(=O)(=O)c1ccccc1NCCc1csc(-c2ccccc2)n1. The summed E-state index contributed by atoms with van der Waals surface area (Å²) in [5, 5.41) is 6.25. The first-order chi connectivity index (χ1) is 11.5. The number of nitrogens with zero attached hydrogens (tertiary/aromatic N) is 1. The van der Waals surface area contributed by atoms with Gasteiger partial charge in [0, 0.05) is 30.2 Å². The van der Waals surface area contributed by atoms with Gasteiger partial charge in [-0.2, -0.15) is 0 Å². The van der Waals surface area contributed by atoms with E-state index in [1.165, 1.54) is 6.26 Å². The second-order valence-electron chi connectivity index (χ2n) is 5.46. The van der Waals surface area contributed by atoms with Gasteiger partial charge in [0.25, 0.3) is 0 Å². The van der Waals surface area contributed by atoms with Crippen LogP contribution in [0.2, 0.25) is 0 Å². The highest BCUT2D eigenvalue weighted by atomic mass is 32.2. The third-order valence-corrected chi connectivity index (χ3v) is 5.65. The van der Waals surface area contributed by atoms with Gasteiger partial charge in [0.1, 0.15) is 5.01 Å². The summed E-state index contributed by atoms with van der Waals surface area (Å²) in [6.07, 6.45) is 1.96. The summed E-state index contributed by atoms with van der Waals surface area (Å²) in [4.78, 5) is 4.97. The third-order valence-electron chi connectivity index (χ3n) is 3.56. The summed E-state index contributed by atoms with van der Waals surface area (Å²) in [7, 11) is -3.24. The van der Waals surface area contributed by atoms with Crippen LogP contribution in [-0.2, 0) is 16.3 Å². The molecule has 0 atom stereocenters. The summed E-state index contributed by atoms with van der Waals surface area (Å²) in [5.41, 5.74) is 2.76. The number of aromatic nitrogens is 1. The monoisotopic (exact) mass is 358 g/mol. The predicted octanol–water partition coefficient (Wildman–Crippen LogP) is 3.87. The lowest BCUT2D eigenvalue weighted by Crippen LogP contribution is -2.09. The maximum atomic E-state index is 11.8. The molecule has 0 aliphatic carbocycles. The quantitative estimate of drug-likeness (QED) is 0.727. The second-order valence-corrected chi connectivity index (χ2v) is 8.30. The first-order valence-corrected chi connectivity index (χ1v) is 10.3. The maximum Gasteiger partial charge on any atom is 0.177 e. The Bertz CT molecular complexity index is 919. The molecule has 0 unspecified atom stereocenters. The Morgan fingerprint density at radius 3 is 2.50 bits per heavy atom. The van der Waals surface area contributed by atoms with Gasteiger partial charge in [0.2, 0.25) is 0 Å². The molecule has 2 aromatic carbocycles. The van der Waals surface area contributed by atoms with E-state index >= 15 is 0 Å². The molecule has 3 aromatic rings. The Hall–Kier alpha value is -2.18. The van der Waals surface area contributed by atoms with Gasteiger partial charge in [-0.1, -0.05) is 42.5 Å². The summed E-state index contributed by atoms with van der Waals surface area (Å²) in [5.74, 6) is 0. The Labute approximate surface area is 146 Å². The van der Waals surface area contributed by atoms with E-state index in [1.807, 2.05) is 41.8 Å². The van der Waals surface area contributed by atoms with Crippen molar-refractivity contribution in [2.75, 3.05) is 18.1 Å². The molecule has 1 aromatic heterocycles. The smallest absolute Gasteiger partial charge is 0.177 e. The van der Waals surface area contributed by atoms with E-state index in [2.05, 4.69) is 10.3 Å². The molecule has 0 aliphatic rings. The van der Waals surface area contributed by atoms with E-state index < -0.39 is 9.84 Å².